The summed E-state index contributed by atoms with van der Waals surface area (Å²) in [5.74, 6) is 0. The Morgan fingerprint density at radius 2 is 1.73 bits per heavy atom. The summed E-state index contributed by atoms with van der Waals surface area (Å²) in [7, 11) is 0. The van der Waals surface area contributed by atoms with E-state index < -0.39 is 5.60 Å². The van der Waals surface area contributed by atoms with Crippen molar-refractivity contribution in [1.29, 1.82) is 0 Å². The van der Waals surface area contributed by atoms with Crippen molar-refractivity contribution in [3.8, 4) is 0 Å². The Morgan fingerprint density at radius 3 is 1.82 bits per heavy atom. The molecule has 0 aliphatic carbocycles. The monoisotopic (exact) mass is 181 g/mol. The molecule has 0 rings (SSSR count). The first kappa shape index (κ1) is 14.8. The van der Waals surface area contributed by atoms with Crippen molar-refractivity contribution in [2.45, 2.75) is 46.3 Å². The van der Waals surface area contributed by atoms with Crippen molar-refractivity contribution < 1.29 is 56.5 Å². The zero-order chi connectivity index (χ0) is 8.36. The number of rotatable bonds is 2. The Bertz CT molecular complexity index is 136. The minimum absolute atomic E-state index is 0. The third-order valence-corrected chi connectivity index (χ3v) is 1.32. The molecule has 11 heavy (non-hydrogen) atoms. The Hall–Kier alpha value is 1.27. The summed E-state index contributed by atoms with van der Waals surface area (Å²) >= 11 is 0. The first-order valence-corrected chi connectivity index (χ1v) is 3.59. The summed E-state index contributed by atoms with van der Waals surface area (Å²) in [5, 5.41) is 11.2. The summed E-state index contributed by atoms with van der Waals surface area (Å²) in [6.45, 7) is 8.99. The number of nitrogens with zero attached hydrogens (tertiary/aromatic N) is 1. The van der Waals surface area contributed by atoms with Crippen molar-refractivity contribution in [3.63, 3.8) is 0 Å². The van der Waals surface area contributed by atoms with Crippen LogP contribution >= 0.6 is 0 Å². The molecule has 0 saturated heterocycles. The topological polar surface area (TPSA) is 35.4 Å². The molecule has 60 valence electrons. The largest absolute Gasteiger partial charge is 1.00 e. The second kappa shape index (κ2) is 5.83. The van der Waals surface area contributed by atoms with Crippen LogP contribution in [-0.2, 0) is 0 Å². The van der Waals surface area contributed by atoms with E-state index in [2.05, 4.69) is 4.99 Å². The molecule has 3 heteroatoms. The fourth-order valence-corrected chi connectivity index (χ4v) is 0.543. The average molecular weight is 181 g/mol. The molecule has 0 unspecified atom stereocenters. The molecule has 0 aromatic heterocycles. The maximum atomic E-state index is 11.2. The Morgan fingerprint density at radius 1 is 1.36 bits per heavy atom. The summed E-state index contributed by atoms with van der Waals surface area (Å²) in [5.41, 5.74) is -0.327. The van der Waals surface area contributed by atoms with E-state index in [-0.39, 0.29) is 57.4 Å². The molecule has 0 fully saturated rings. The maximum Gasteiger partial charge on any atom is 1.00 e. The van der Waals surface area contributed by atoms with Gasteiger partial charge in [-0.25, -0.2) is 0 Å². The number of aliphatic imine (C=N–C) groups is 1. The minimum Gasteiger partial charge on any atom is -0.846 e. The van der Waals surface area contributed by atoms with Gasteiger partial charge in [0.1, 0.15) is 0 Å². The van der Waals surface area contributed by atoms with Crippen LogP contribution < -0.4 is 56.5 Å². The van der Waals surface area contributed by atoms with E-state index in [1.54, 1.807) is 20.8 Å². The third-order valence-electron chi connectivity index (χ3n) is 1.32. The third kappa shape index (κ3) is 7.62. The van der Waals surface area contributed by atoms with Gasteiger partial charge in [-0.3, -0.25) is 4.99 Å². The van der Waals surface area contributed by atoms with E-state index in [1.165, 1.54) is 0 Å². The molecule has 0 radical (unpaired) electrons. The summed E-state index contributed by atoms with van der Waals surface area (Å²) < 4.78 is 0. The SMILES string of the molecule is CC(=NC(C)C)C(C)(C)[O-].[K+]. The van der Waals surface area contributed by atoms with Gasteiger partial charge in [0.2, 0.25) is 0 Å². The molecular formula is C8H16KNO. The van der Waals surface area contributed by atoms with E-state index in [1.807, 2.05) is 13.8 Å². The van der Waals surface area contributed by atoms with Gasteiger partial charge < -0.3 is 5.11 Å². The second-order valence-electron chi connectivity index (χ2n) is 3.32. The normalized spacial score (nSPS) is 13.2. The molecule has 0 aromatic rings. The maximum absolute atomic E-state index is 11.2. The van der Waals surface area contributed by atoms with Crippen LogP contribution in [0, 0.1) is 0 Å². The van der Waals surface area contributed by atoms with E-state index >= 15 is 0 Å². The fourth-order valence-electron chi connectivity index (χ4n) is 0.543. The zero-order valence-corrected chi connectivity index (χ0v) is 11.6. The van der Waals surface area contributed by atoms with Crippen molar-refractivity contribution in [3.05, 3.63) is 0 Å². The predicted molar refractivity (Wildman–Crippen MR) is 42.3 cm³/mol. The van der Waals surface area contributed by atoms with Crippen LogP contribution in [0.5, 0.6) is 0 Å². The van der Waals surface area contributed by atoms with Gasteiger partial charge in [-0.05, 0) is 26.5 Å². The number of hydrogen-bond donors (Lipinski definition) is 0. The molecule has 0 atom stereocenters. The Balaban J connectivity index is 0. The minimum atomic E-state index is -1.01. The van der Waals surface area contributed by atoms with Gasteiger partial charge in [0.15, 0.2) is 0 Å². The van der Waals surface area contributed by atoms with Crippen LogP contribution in [0.1, 0.15) is 34.6 Å². The van der Waals surface area contributed by atoms with E-state index in [9.17, 15) is 5.11 Å². The van der Waals surface area contributed by atoms with Gasteiger partial charge in [0, 0.05) is 6.04 Å². The molecule has 0 saturated carbocycles. The second-order valence-corrected chi connectivity index (χ2v) is 3.32. The first-order chi connectivity index (χ1) is 4.34. The summed E-state index contributed by atoms with van der Waals surface area (Å²) in [6.07, 6.45) is 0. The van der Waals surface area contributed by atoms with E-state index in [4.69, 9.17) is 0 Å². The van der Waals surface area contributed by atoms with Gasteiger partial charge in [-0.15, -0.1) is 0 Å². The number of hydrogen-bond acceptors (Lipinski definition) is 2. The predicted octanol–water partition coefficient (Wildman–Crippen LogP) is -2.00. The Labute approximate surface area is 112 Å². The van der Waals surface area contributed by atoms with E-state index in [0.29, 0.717) is 5.71 Å². The van der Waals surface area contributed by atoms with Crippen LogP contribution in [0.15, 0.2) is 4.99 Å². The van der Waals surface area contributed by atoms with Gasteiger partial charge >= 0.3 is 51.4 Å². The zero-order valence-electron chi connectivity index (χ0n) is 8.43. The molecule has 0 aliphatic heterocycles. The van der Waals surface area contributed by atoms with Crippen molar-refractivity contribution in [1.82, 2.24) is 0 Å². The molecule has 2 nitrogen and oxygen atoms in total. The molecule has 0 heterocycles. The Kier molecular flexibility index (Phi) is 7.84. The summed E-state index contributed by atoms with van der Waals surface area (Å²) in [6, 6.07) is 0.230. The molecular weight excluding hydrogens is 165 g/mol. The van der Waals surface area contributed by atoms with Gasteiger partial charge in [0.25, 0.3) is 0 Å². The average Bonchev–Trinajstić information content (AvgIpc) is 1.60. The standard InChI is InChI=1S/C8H16NO.K/c1-6(2)9-7(3)8(4,5)10;/h6H,1-5H3;/q-1;+1. The van der Waals surface area contributed by atoms with Crippen LogP contribution in [-0.4, -0.2) is 17.4 Å². The molecule has 0 spiro atoms. The van der Waals surface area contributed by atoms with Crippen LogP contribution in [0.3, 0.4) is 0 Å². The van der Waals surface area contributed by atoms with Crippen LogP contribution in [0.4, 0.5) is 0 Å². The quantitative estimate of drug-likeness (QED) is 0.358. The van der Waals surface area contributed by atoms with E-state index in [0.717, 1.165) is 0 Å². The molecule has 0 aromatic carbocycles. The van der Waals surface area contributed by atoms with Crippen molar-refractivity contribution in [2.75, 3.05) is 0 Å². The van der Waals surface area contributed by atoms with Gasteiger partial charge in [-0.2, -0.15) is 0 Å². The van der Waals surface area contributed by atoms with Crippen molar-refractivity contribution >= 4 is 5.71 Å². The molecule has 0 bridgehead atoms. The fraction of sp³-hybridized carbons (Fsp3) is 0.875. The van der Waals surface area contributed by atoms with Crippen molar-refractivity contribution in [2.24, 2.45) is 4.99 Å². The van der Waals surface area contributed by atoms with Gasteiger partial charge in [-0.1, -0.05) is 19.4 Å². The molecule has 0 N–H and O–H groups in total. The molecule has 0 amide bonds. The van der Waals surface area contributed by atoms with Crippen LogP contribution in [0.25, 0.3) is 0 Å². The van der Waals surface area contributed by atoms with Gasteiger partial charge in [0.05, 0.1) is 0 Å². The summed E-state index contributed by atoms with van der Waals surface area (Å²) in [4.78, 5) is 4.15. The first-order valence-electron chi connectivity index (χ1n) is 3.59. The van der Waals surface area contributed by atoms with Crippen LogP contribution in [0.2, 0.25) is 0 Å². The molecule has 0 aliphatic rings. The smallest absolute Gasteiger partial charge is 0.846 e.